The molecule has 2 aromatic heterocycles. The summed E-state index contributed by atoms with van der Waals surface area (Å²) in [5.41, 5.74) is 3.13. The molecule has 2 aromatic carbocycles. The molecule has 4 rings (SSSR count). The summed E-state index contributed by atoms with van der Waals surface area (Å²) in [7, 11) is 0. The van der Waals surface area contributed by atoms with Crippen molar-refractivity contribution in [3.63, 3.8) is 0 Å². The Morgan fingerprint density at radius 3 is 2.77 bits per heavy atom. The summed E-state index contributed by atoms with van der Waals surface area (Å²) in [4.78, 5) is 4.75. The molecule has 1 atom stereocenters. The van der Waals surface area contributed by atoms with Crippen LogP contribution < -0.4 is 4.74 Å². The van der Waals surface area contributed by atoms with Crippen LogP contribution in [0.2, 0.25) is 5.02 Å². The second-order valence-electron chi connectivity index (χ2n) is 7.07. The lowest BCUT2D eigenvalue weighted by Crippen LogP contribution is -2.12. The lowest BCUT2D eigenvalue weighted by Gasteiger charge is -2.15. The van der Waals surface area contributed by atoms with Gasteiger partial charge in [-0.05, 0) is 44.5 Å². The molecule has 160 valence electrons. The molecule has 1 unspecified atom stereocenters. The molecular formula is C23H23ClN4OS2. The molecule has 0 spiro atoms. The van der Waals surface area contributed by atoms with E-state index >= 15 is 0 Å². The molecule has 0 aliphatic heterocycles. The first-order chi connectivity index (χ1) is 15.0. The number of thiazole rings is 1. The van der Waals surface area contributed by atoms with Crippen molar-refractivity contribution in [3.8, 4) is 16.3 Å². The topological polar surface area (TPSA) is 52.8 Å². The number of rotatable bonds is 8. The molecule has 31 heavy (non-hydrogen) atoms. The highest BCUT2D eigenvalue weighted by molar-refractivity contribution is 7.98. The maximum atomic E-state index is 6.31. The van der Waals surface area contributed by atoms with Crippen LogP contribution in [0.1, 0.15) is 37.0 Å². The first-order valence-electron chi connectivity index (χ1n) is 10.0. The van der Waals surface area contributed by atoms with E-state index in [9.17, 15) is 0 Å². The van der Waals surface area contributed by atoms with Gasteiger partial charge in [0.05, 0.1) is 10.7 Å². The zero-order valence-electron chi connectivity index (χ0n) is 17.6. The van der Waals surface area contributed by atoms with Gasteiger partial charge in [-0.3, -0.25) is 0 Å². The minimum absolute atomic E-state index is 0.199. The Labute approximate surface area is 195 Å². The van der Waals surface area contributed by atoms with Gasteiger partial charge in [0.2, 0.25) is 0 Å². The van der Waals surface area contributed by atoms with Gasteiger partial charge in [-0.1, -0.05) is 53.7 Å². The third kappa shape index (κ3) is 5.11. The summed E-state index contributed by atoms with van der Waals surface area (Å²) in [5, 5.41) is 13.4. The van der Waals surface area contributed by atoms with E-state index in [0.29, 0.717) is 10.8 Å². The first-order valence-corrected chi connectivity index (χ1v) is 12.3. The van der Waals surface area contributed by atoms with Crippen LogP contribution in [0.5, 0.6) is 5.75 Å². The predicted molar refractivity (Wildman–Crippen MR) is 128 cm³/mol. The zero-order valence-corrected chi connectivity index (χ0v) is 20.0. The van der Waals surface area contributed by atoms with Gasteiger partial charge in [0, 0.05) is 23.2 Å². The molecule has 0 saturated carbocycles. The van der Waals surface area contributed by atoms with Crippen LogP contribution in [0.4, 0.5) is 0 Å². The fourth-order valence-electron chi connectivity index (χ4n) is 3.22. The van der Waals surface area contributed by atoms with Crippen molar-refractivity contribution in [2.24, 2.45) is 0 Å². The second-order valence-corrected chi connectivity index (χ2v) is 9.28. The number of ether oxygens (including phenoxy) is 1. The molecule has 5 nitrogen and oxygen atoms in total. The Kier molecular flexibility index (Phi) is 6.95. The molecule has 0 aliphatic rings. The van der Waals surface area contributed by atoms with Crippen molar-refractivity contribution in [2.45, 2.75) is 44.3 Å². The minimum Gasteiger partial charge on any atom is -0.483 e. The van der Waals surface area contributed by atoms with Gasteiger partial charge in [-0.2, -0.15) is 0 Å². The Morgan fingerprint density at radius 1 is 1.16 bits per heavy atom. The van der Waals surface area contributed by atoms with Gasteiger partial charge in [0.1, 0.15) is 10.8 Å². The van der Waals surface area contributed by atoms with Gasteiger partial charge in [0.15, 0.2) is 17.1 Å². The number of halogens is 1. The van der Waals surface area contributed by atoms with Crippen LogP contribution in [0, 0.1) is 6.92 Å². The molecule has 0 radical (unpaired) electrons. The predicted octanol–water partition coefficient (Wildman–Crippen LogP) is 6.82. The summed E-state index contributed by atoms with van der Waals surface area (Å²) in [6, 6.07) is 15.8. The normalized spacial score (nSPS) is 12.1. The standard InChI is InChI=1S/C23H23ClN4OS2/c1-4-28-21(16(3)29-18-9-7-8-15(2)12-18)26-27-23(28)31-14-17-13-30-22(25-17)19-10-5-6-11-20(19)24/h5-13,16H,4,14H2,1-3H3. The quantitative estimate of drug-likeness (QED) is 0.264. The highest BCUT2D eigenvalue weighted by Gasteiger charge is 2.19. The molecule has 0 bridgehead atoms. The van der Waals surface area contributed by atoms with Crippen molar-refractivity contribution in [3.05, 3.63) is 76.0 Å². The van der Waals surface area contributed by atoms with Crippen LogP contribution in [0.25, 0.3) is 10.6 Å². The number of aryl methyl sites for hydroxylation is 1. The van der Waals surface area contributed by atoms with Gasteiger partial charge < -0.3 is 9.30 Å². The van der Waals surface area contributed by atoms with Gasteiger partial charge in [0.25, 0.3) is 0 Å². The lowest BCUT2D eigenvalue weighted by atomic mass is 10.2. The minimum atomic E-state index is -0.199. The number of hydrogen-bond donors (Lipinski definition) is 0. The van der Waals surface area contributed by atoms with Crippen molar-refractivity contribution in [1.82, 2.24) is 19.7 Å². The number of benzene rings is 2. The Hall–Kier alpha value is -2.35. The smallest absolute Gasteiger partial charge is 0.191 e. The second kappa shape index (κ2) is 9.85. The van der Waals surface area contributed by atoms with Gasteiger partial charge in [-0.15, -0.1) is 21.5 Å². The number of aromatic nitrogens is 4. The summed E-state index contributed by atoms with van der Waals surface area (Å²) in [6.07, 6.45) is -0.199. The Balaban J connectivity index is 1.45. The number of thioether (sulfide) groups is 1. The van der Waals surface area contributed by atoms with Gasteiger partial charge >= 0.3 is 0 Å². The van der Waals surface area contributed by atoms with E-state index in [1.807, 2.05) is 49.4 Å². The maximum Gasteiger partial charge on any atom is 0.191 e. The zero-order chi connectivity index (χ0) is 21.8. The number of nitrogens with zero attached hydrogens (tertiary/aromatic N) is 4. The highest BCUT2D eigenvalue weighted by atomic mass is 35.5. The van der Waals surface area contributed by atoms with Crippen LogP contribution in [0.3, 0.4) is 0 Å². The first kappa shape index (κ1) is 21.9. The lowest BCUT2D eigenvalue weighted by molar-refractivity contribution is 0.210. The molecular weight excluding hydrogens is 448 g/mol. The summed E-state index contributed by atoms with van der Waals surface area (Å²) >= 11 is 9.54. The molecule has 8 heteroatoms. The van der Waals surface area contributed by atoms with Crippen molar-refractivity contribution >= 4 is 34.7 Å². The van der Waals surface area contributed by atoms with Gasteiger partial charge in [-0.25, -0.2) is 4.98 Å². The van der Waals surface area contributed by atoms with Crippen LogP contribution in [-0.4, -0.2) is 19.7 Å². The average molecular weight is 471 g/mol. The molecule has 0 aliphatic carbocycles. The van der Waals surface area contributed by atoms with Crippen molar-refractivity contribution in [2.75, 3.05) is 0 Å². The van der Waals surface area contributed by atoms with Crippen LogP contribution in [-0.2, 0) is 12.3 Å². The molecule has 4 aromatic rings. The van der Waals surface area contributed by atoms with E-state index in [0.717, 1.165) is 45.1 Å². The molecule has 2 heterocycles. The van der Waals surface area contributed by atoms with E-state index in [1.54, 1.807) is 23.1 Å². The fourth-order valence-corrected chi connectivity index (χ4v) is 5.37. The number of hydrogen-bond acceptors (Lipinski definition) is 6. The summed E-state index contributed by atoms with van der Waals surface area (Å²) in [5.74, 6) is 2.37. The SMILES string of the molecule is CCn1c(SCc2csc(-c3ccccc3Cl)n2)nnc1C(C)Oc1cccc(C)c1. The van der Waals surface area contributed by atoms with Crippen molar-refractivity contribution < 1.29 is 4.74 Å². The van der Waals surface area contributed by atoms with E-state index < -0.39 is 0 Å². The fraction of sp³-hybridized carbons (Fsp3) is 0.261. The van der Waals surface area contributed by atoms with E-state index in [4.69, 9.17) is 21.3 Å². The summed E-state index contributed by atoms with van der Waals surface area (Å²) in [6.45, 7) is 6.92. The third-order valence-corrected chi connectivity index (χ3v) is 6.99. The largest absolute Gasteiger partial charge is 0.483 e. The monoisotopic (exact) mass is 470 g/mol. The molecule has 0 saturated heterocycles. The van der Waals surface area contributed by atoms with E-state index in [-0.39, 0.29) is 6.10 Å². The third-order valence-electron chi connectivity index (χ3n) is 4.73. The van der Waals surface area contributed by atoms with Crippen LogP contribution in [0.15, 0.2) is 59.1 Å². The van der Waals surface area contributed by atoms with Crippen LogP contribution >= 0.6 is 34.7 Å². The highest BCUT2D eigenvalue weighted by Crippen LogP contribution is 2.32. The summed E-state index contributed by atoms with van der Waals surface area (Å²) < 4.78 is 8.21. The molecule has 0 fully saturated rings. The maximum absolute atomic E-state index is 6.31. The van der Waals surface area contributed by atoms with E-state index in [2.05, 4.69) is 40.1 Å². The van der Waals surface area contributed by atoms with Crippen molar-refractivity contribution in [1.29, 1.82) is 0 Å². The molecule has 0 amide bonds. The average Bonchev–Trinajstić information content (AvgIpc) is 3.39. The van der Waals surface area contributed by atoms with E-state index in [1.165, 1.54) is 0 Å². The Bertz CT molecular complexity index is 1170. The Morgan fingerprint density at radius 2 is 2.00 bits per heavy atom. The molecule has 0 N–H and O–H groups in total.